The molecule has 0 bridgehead atoms. The summed E-state index contributed by atoms with van der Waals surface area (Å²) in [6.45, 7) is 2.68. The second-order valence-electron chi connectivity index (χ2n) is 8.14. The fourth-order valence-electron chi connectivity index (χ4n) is 4.50. The summed E-state index contributed by atoms with van der Waals surface area (Å²) in [6.07, 6.45) is 7.90. The van der Waals surface area contributed by atoms with Crippen LogP contribution in [0.2, 0.25) is 0 Å². The highest BCUT2D eigenvalue weighted by Gasteiger charge is 2.22. The average Bonchev–Trinajstić information content (AvgIpc) is 3.23. The molecule has 0 amide bonds. The van der Waals surface area contributed by atoms with E-state index in [0.717, 1.165) is 37.3 Å². The number of aromatic amines is 1. The number of nitrogens with one attached hydrogen (secondary N) is 1. The maximum Gasteiger partial charge on any atom is 0.162 e. The lowest BCUT2D eigenvalue weighted by molar-refractivity contribution is 0.244. The van der Waals surface area contributed by atoms with E-state index in [4.69, 9.17) is 4.98 Å². The monoisotopic (exact) mass is 418 g/mol. The Hall–Kier alpha value is -3.90. The zero-order chi connectivity index (χ0) is 21.3. The van der Waals surface area contributed by atoms with Gasteiger partial charge in [0.05, 0.1) is 17.0 Å². The smallest absolute Gasteiger partial charge is 0.162 e. The van der Waals surface area contributed by atoms with Crippen LogP contribution in [0.5, 0.6) is 0 Å². The van der Waals surface area contributed by atoms with Crippen LogP contribution in [-0.2, 0) is 19.5 Å². The average molecular weight is 419 g/mol. The Morgan fingerprint density at radius 1 is 0.875 bits per heavy atom. The maximum atomic E-state index is 4.81. The standard InChI is InChI=1S/C26H22N6/c1-2-6-18(7-3-1)25-22(21-8-4-5-9-24(21)30-25)16-32-11-10-23-20(15-32)14-29-26(31-23)19-12-27-17-28-13-19/h1-9,12-14,17,30H,10-11,15-16H2. The van der Waals surface area contributed by atoms with Crippen LogP contribution in [0.1, 0.15) is 16.8 Å². The quantitative estimate of drug-likeness (QED) is 0.460. The number of aromatic nitrogens is 5. The van der Waals surface area contributed by atoms with E-state index in [0.29, 0.717) is 5.82 Å². The predicted molar refractivity (Wildman–Crippen MR) is 125 cm³/mol. The largest absolute Gasteiger partial charge is 0.354 e. The number of hydrogen-bond donors (Lipinski definition) is 1. The number of H-pyrrole nitrogens is 1. The second-order valence-corrected chi connectivity index (χ2v) is 8.14. The molecule has 0 aliphatic carbocycles. The molecular weight excluding hydrogens is 396 g/mol. The number of fused-ring (bicyclic) bond motifs is 2. The molecule has 156 valence electrons. The van der Waals surface area contributed by atoms with Crippen molar-refractivity contribution in [1.82, 2.24) is 29.8 Å². The number of rotatable bonds is 4. The van der Waals surface area contributed by atoms with Crippen LogP contribution in [0, 0.1) is 0 Å². The first-order valence-corrected chi connectivity index (χ1v) is 10.8. The van der Waals surface area contributed by atoms with Gasteiger partial charge in [0.15, 0.2) is 5.82 Å². The van der Waals surface area contributed by atoms with Crippen LogP contribution in [0.25, 0.3) is 33.5 Å². The molecule has 1 aliphatic rings. The molecule has 0 saturated heterocycles. The molecule has 0 saturated carbocycles. The highest BCUT2D eigenvalue weighted by molar-refractivity contribution is 5.90. The highest BCUT2D eigenvalue weighted by Crippen LogP contribution is 2.32. The minimum Gasteiger partial charge on any atom is -0.354 e. The summed E-state index contributed by atoms with van der Waals surface area (Å²) >= 11 is 0. The lowest BCUT2D eigenvalue weighted by Gasteiger charge is -2.28. The van der Waals surface area contributed by atoms with Crippen LogP contribution in [0.4, 0.5) is 0 Å². The Bertz CT molecular complexity index is 1380. The maximum absolute atomic E-state index is 4.81. The minimum atomic E-state index is 0.695. The van der Waals surface area contributed by atoms with Gasteiger partial charge in [0.1, 0.15) is 6.33 Å². The SMILES string of the molecule is c1ccc(-c2[nH]c3ccccc3c2CN2CCc3nc(-c4cncnc4)ncc3C2)cc1. The van der Waals surface area contributed by atoms with Gasteiger partial charge in [-0.05, 0) is 17.2 Å². The Morgan fingerprint density at radius 3 is 2.56 bits per heavy atom. The van der Waals surface area contributed by atoms with Crippen LogP contribution >= 0.6 is 0 Å². The van der Waals surface area contributed by atoms with Gasteiger partial charge >= 0.3 is 0 Å². The molecule has 0 fully saturated rings. The van der Waals surface area contributed by atoms with Crippen molar-refractivity contribution < 1.29 is 0 Å². The molecule has 6 heteroatoms. The molecular formula is C26H22N6. The molecule has 0 spiro atoms. The molecule has 5 aromatic rings. The highest BCUT2D eigenvalue weighted by atomic mass is 15.1. The van der Waals surface area contributed by atoms with Gasteiger partial charge in [-0.3, -0.25) is 4.90 Å². The van der Waals surface area contributed by atoms with E-state index in [-0.39, 0.29) is 0 Å². The fraction of sp³-hybridized carbons (Fsp3) is 0.154. The third-order valence-corrected chi connectivity index (χ3v) is 6.09. The van der Waals surface area contributed by atoms with Crippen molar-refractivity contribution in [2.75, 3.05) is 6.54 Å². The van der Waals surface area contributed by atoms with Crippen molar-refractivity contribution >= 4 is 10.9 Å². The first kappa shape index (κ1) is 18.8. The van der Waals surface area contributed by atoms with Gasteiger partial charge < -0.3 is 4.98 Å². The number of hydrogen-bond acceptors (Lipinski definition) is 5. The van der Waals surface area contributed by atoms with E-state index in [2.05, 4.69) is 79.4 Å². The Kier molecular flexibility index (Phi) is 4.70. The molecule has 4 heterocycles. The second kappa shape index (κ2) is 7.98. The Labute approximate surface area is 186 Å². The molecule has 1 aliphatic heterocycles. The summed E-state index contributed by atoms with van der Waals surface area (Å²) in [5.41, 5.74) is 8.10. The predicted octanol–water partition coefficient (Wildman–Crippen LogP) is 4.64. The summed E-state index contributed by atoms with van der Waals surface area (Å²) in [4.78, 5) is 23.7. The molecule has 6 nitrogen and oxygen atoms in total. The van der Waals surface area contributed by atoms with Crippen molar-refractivity contribution in [1.29, 1.82) is 0 Å². The van der Waals surface area contributed by atoms with Crippen molar-refractivity contribution in [2.24, 2.45) is 0 Å². The van der Waals surface area contributed by atoms with Crippen molar-refractivity contribution in [3.05, 3.63) is 96.3 Å². The fourth-order valence-corrected chi connectivity index (χ4v) is 4.50. The van der Waals surface area contributed by atoms with Gasteiger partial charge in [-0.15, -0.1) is 0 Å². The molecule has 6 rings (SSSR count). The van der Waals surface area contributed by atoms with Gasteiger partial charge in [-0.1, -0.05) is 48.5 Å². The third kappa shape index (κ3) is 3.44. The van der Waals surface area contributed by atoms with Crippen molar-refractivity contribution in [3.63, 3.8) is 0 Å². The van der Waals surface area contributed by atoms with Gasteiger partial charge in [0, 0.05) is 61.1 Å². The molecule has 2 aromatic carbocycles. The molecule has 1 N–H and O–H groups in total. The first-order valence-electron chi connectivity index (χ1n) is 10.8. The zero-order valence-corrected chi connectivity index (χ0v) is 17.6. The molecule has 32 heavy (non-hydrogen) atoms. The number of nitrogens with zero attached hydrogens (tertiary/aromatic N) is 5. The van der Waals surface area contributed by atoms with E-state index >= 15 is 0 Å². The third-order valence-electron chi connectivity index (χ3n) is 6.09. The van der Waals surface area contributed by atoms with E-state index in [9.17, 15) is 0 Å². The Morgan fingerprint density at radius 2 is 1.69 bits per heavy atom. The normalized spacial score (nSPS) is 13.9. The summed E-state index contributed by atoms with van der Waals surface area (Å²) in [5, 5.41) is 1.29. The zero-order valence-electron chi connectivity index (χ0n) is 17.6. The molecule has 3 aromatic heterocycles. The Balaban J connectivity index is 1.31. The van der Waals surface area contributed by atoms with Gasteiger partial charge in [-0.2, -0.15) is 0 Å². The topological polar surface area (TPSA) is 70.6 Å². The summed E-state index contributed by atoms with van der Waals surface area (Å²) in [6, 6.07) is 19.1. The molecule has 0 unspecified atom stereocenters. The van der Waals surface area contributed by atoms with Gasteiger partial charge in [-0.25, -0.2) is 19.9 Å². The van der Waals surface area contributed by atoms with Crippen molar-refractivity contribution in [2.45, 2.75) is 19.5 Å². The van der Waals surface area contributed by atoms with Crippen LogP contribution in [-0.4, -0.2) is 36.4 Å². The molecule has 0 atom stereocenters. The van der Waals surface area contributed by atoms with Crippen LogP contribution in [0.15, 0.2) is 79.5 Å². The molecule has 0 radical (unpaired) electrons. The summed E-state index contributed by atoms with van der Waals surface area (Å²) < 4.78 is 0. The van der Waals surface area contributed by atoms with E-state index in [1.807, 2.05) is 6.20 Å². The van der Waals surface area contributed by atoms with Gasteiger partial charge in [0.25, 0.3) is 0 Å². The minimum absolute atomic E-state index is 0.695. The van der Waals surface area contributed by atoms with E-state index in [1.54, 1.807) is 12.4 Å². The van der Waals surface area contributed by atoms with Crippen LogP contribution in [0.3, 0.4) is 0 Å². The summed E-state index contributed by atoms with van der Waals surface area (Å²) in [7, 11) is 0. The summed E-state index contributed by atoms with van der Waals surface area (Å²) in [5.74, 6) is 0.695. The first-order chi connectivity index (χ1) is 15.8. The number of benzene rings is 2. The number of para-hydroxylation sites is 1. The van der Waals surface area contributed by atoms with Gasteiger partial charge in [0.2, 0.25) is 0 Å². The van der Waals surface area contributed by atoms with E-state index in [1.165, 1.54) is 39.6 Å². The van der Waals surface area contributed by atoms with Crippen molar-refractivity contribution in [3.8, 4) is 22.6 Å². The van der Waals surface area contributed by atoms with Crippen LogP contribution < -0.4 is 0 Å². The lowest BCUT2D eigenvalue weighted by atomic mass is 10.0. The van der Waals surface area contributed by atoms with E-state index < -0.39 is 0 Å². The lowest BCUT2D eigenvalue weighted by Crippen LogP contribution is -2.31.